The maximum atomic E-state index is 14.2. The summed E-state index contributed by atoms with van der Waals surface area (Å²) in [6.45, 7) is 1.88. The molecule has 8 nitrogen and oxygen atoms in total. The summed E-state index contributed by atoms with van der Waals surface area (Å²) in [4.78, 5) is 39.2. The highest BCUT2D eigenvalue weighted by molar-refractivity contribution is 6.44. The first kappa shape index (κ1) is 27.5. The Labute approximate surface area is 243 Å². The monoisotopic (exact) mass is 597 g/mol. The van der Waals surface area contributed by atoms with Crippen LogP contribution in [-0.4, -0.2) is 33.7 Å². The normalized spacial score (nSPS) is 14.5. The molecule has 2 aromatic heterocycles. The number of anilines is 1. The van der Waals surface area contributed by atoms with E-state index in [1.54, 1.807) is 30.5 Å². The van der Waals surface area contributed by atoms with Crippen LogP contribution in [0.1, 0.15) is 32.7 Å². The topological polar surface area (TPSA) is 106 Å². The molecule has 0 aliphatic carbocycles. The van der Waals surface area contributed by atoms with E-state index >= 15 is 0 Å². The van der Waals surface area contributed by atoms with Gasteiger partial charge in [-0.05, 0) is 37.3 Å². The molecule has 0 saturated heterocycles. The van der Waals surface area contributed by atoms with Crippen molar-refractivity contribution in [2.45, 2.75) is 19.7 Å². The number of rotatable bonds is 6. The van der Waals surface area contributed by atoms with Gasteiger partial charge in [-0.3, -0.25) is 14.6 Å². The van der Waals surface area contributed by atoms with Crippen molar-refractivity contribution in [3.05, 3.63) is 116 Å². The average Bonchev–Trinajstić information content (AvgIpc) is 3.04. The van der Waals surface area contributed by atoms with Crippen LogP contribution in [0.4, 0.5) is 10.1 Å². The number of nitrogens with one attached hydrogen (secondary N) is 2. The predicted octanol–water partition coefficient (Wildman–Crippen LogP) is 6.01. The van der Waals surface area contributed by atoms with E-state index in [0.717, 1.165) is 23.5 Å². The zero-order valence-electron chi connectivity index (χ0n) is 20.7. The van der Waals surface area contributed by atoms with Gasteiger partial charge in [0.25, 0.3) is 11.8 Å². The number of fused-ring (bicyclic) bond motifs is 1. The van der Waals surface area contributed by atoms with Gasteiger partial charge >= 0.3 is 0 Å². The van der Waals surface area contributed by atoms with E-state index in [1.807, 2.05) is 19.1 Å². The summed E-state index contributed by atoms with van der Waals surface area (Å²) in [6, 6.07) is 14.4. The third-order valence-electron chi connectivity index (χ3n) is 5.87. The number of para-hydroxylation sites is 1. The number of benzene rings is 2. The van der Waals surface area contributed by atoms with Crippen LogP contribution in [0.15, 0.2) is 72.0 Å². The van der Waals surface area contributed by atoms with Crippen LogP contribution in [0.25, 0.3) is 0 Å². The van der Waals surface area contributed by atoms with Gasteiger partial charge in [-0.1, -0.05) is 59.1 Å². The molecule has 2 aromatic carbocycles. The second kappa shape index (κ2) is 11.6. The molecule has 4 aromatic rings. The van der Waals surface area contributed by atoms with Crippen LogP contribution in [0.3, 0.4) is 0 Å². The molecule has 2 amide bonds. The van der Waals surface area contributed by atoms with Crippen LogP contribution < -0.4 is 15.4 Å². The third-order valence-corrected chi connectivity index (χ3v) is 6.68. The molecular formula is C28H19Cl3FN5O3. The zero-order chi connectivity index (χ0) is 28.4. The number of amides is 2. The van der Waals surface area contributed by atoms with Crippen molar-refractivity contribution in [3.8, 4) is 5.88 Å². The number of aromatic nitrogens is 2. The van der Waals surface area contributed by atoms with Crippen molar-refractivity contribution in [2.24, 2.45) is 4.99 Å². The largest absolute Gasteiger partial charge is 0.472 e. The number of aliphatic imine (C=N–C) groups is 1. The van der Waals surface area contributed by atoms with E-state index < -0.39 is 23.8 Å². The number of nitrogens with zero attached hydrogens (tertiary/aromatic N) is 3. The Morgan fingerprint density at radius 3 is 2.52 bits per heavy atom. The molecule has 1 atom stereocenters. The fourth-order valence-corrected chi connectivity index (χ4v) is 4.96. The number of hydrogen-bond acceptors (Lipinski definition) is 6. The Kier molecular flexibility index (Phi) is 7.97. The number of pyridine rings is 2. The van der Waals surface area contributed by atoms with Gasteiger partial charge in [-0.2, -0.15) is 0 Å². The van der Waals surface area contributed by atoms with Crippen LogP contribution >= 0.6 is 34.8 Å². The summed E-state index contributed by atoms with van der Waals surface area (Å²) >= 11 is 19.1. The van der Waals surface area contributed by atoms with Crippen LogP contribution in [0.2, 0.25) is 15.1 Å². The predicted molar refractivity (Wildman–Crippen MR) is 151 cm³/mol. The molecule has 202 valence electrons. The number of hydrogen-bond donors (Lipinski definition) is 2. The molecule has 3 heterocycles. The number of benzodiazepines with no additional fused rings is 1. The van der Waals surface area contributed by atoms with Crippen molar-refractivity contribution in [1.82, 2.24) is 15.3 Å². The lowest BCUT2D eigenvalue weighted by Crippen LogP contribution is -2.42. The number of carbonyl (C=O) groups excluding carboxylic acids is 2. The smallest absolute Gasteiger partial charge is 0.269 e. The van der Waals surface area contributed by atoms with Gasteiger partial charge < -0.3 is 15.4 Å². The molecule has 0 radical (unpaired) electrons. The van der Waals surface area contributed by atoms with Gasteiger partial charge in [-0.15, -0.1) is 0 Å². The Bertz CT molecular complexity index is 1640. The van der Waals surface area contributed by atoms with E-state index in [0.29, 0.717) is 21.8 Å². The fourth-order valence-electron chi connectivity index (χ4n) is 3.96. The zero-order valence-corrected chi connectivity index (χ0v) is 23.0. The van der Waals surface area contributed by atoms with Crippen LogP contribution in [0, 0.1) is 12.7 Å². The maximum Gasteiger partial charge on any atom is 0.269 e. The summed E-state index contributed by atoms with van der Waals surface area (Å²) in [5, 5.41) is 5.99. The molecule has 12 heteroatoms. The molecule has 40 heavy (non-hydrogen) atoms. The second-order valence-corrected chi connectivity index (χ2v) is 9.99. The molecule has 1 aliphatic heterocycles. The summed E-state index contributed by atoms with van der Waals surface area (Å²) in [5.74, 6) is -2.39. The summed E-state index contributed by atoms with van der Waals surface area (Å²) in [6.07, 6.45) is 1.10. The Hall–Kier alpha value is -4.05. The van der Waals surface area contributed by atoms with Crippen molar-refractivity contribution in [1.29, 1.82) is 0 Å². The van der Waals surface area contributed by atoms with Gasteiger partial charge in [-0.25, -0.2) is 14.4 Å². The number of carbonyl (C=O) groups is 2. The van der Waals surface area contributed by atoms with E-state index in [4.69, 9.17) is 39.5 Å². The standard InChI is InChI=1S/C28H19Cl3FN5O3/c1-14-6-7-15(11-33-14)13-40-28-19(10-17(32)12-34-28)26(38)37-25-27(39)35-22-5-3-2-4-18(22)24(36-25)23-20(30)8-16(29)9-21(23)31/h2-12,25H,13H2,1H3,(H,35,39)(H,37,38). The Morgan fingerprint density at radius 2 is 1.80 bits per heavy atom. The molecule has 0 spiro atoms. The Balaban J connectivity index is 1.49. The first-order valence-electron chi connectivity index (χ1n) is 11.8. The van der Waals surface area contributed by atoms with Crippen LogP contribution in [-0.2, 0) is 11.4 Å². The van der Waals surface area contributed by atoms with Crippen molar-refractivity contribution < 1.29 is 18.7 Å². The minimum absolute atomic E-state index is 0.0290. The molecule has 5 rings (SSSR count). The lowest BCUT2D eigenvalue weighted by atomic mass is 10.0. The highest BCUT2D eigenvalue weighted by Crippen LogP contribution is 2.34. The first-order valence-corrected chi connectivity index (χ1v) is 13.0. The number of aryl methyl sites for hydroxylation is 1. The van der Waals surface area contributed by atoms with Gasteiger partial charge in [0.15, 0.2) is 0 Å². The SMILES string of the molecule is Cc1ccc(COc2ncc(F)cc2C(=O)NC2N=C(c3c(Cl)cc(Cl)cc3Cl)c3ccccc3NC2=O)cn1. The van der Waals surface area contributed by atoms with Crippen molar-refractivity contribution in [3.63, 3.8) is 0 Å². The third kappa shape index (κ3) is 5.91. The minimum Gasteiger partial charge on any atom is -0.472 e. The number of ether oxygens (including phenoxy) is 1. The van der Waals surface area contributed by atoms with Gasteiger partial charge in [0.05, 0.1) is 27.6 Å². The second-order valence-electron chi connectivity index (χ2n) is 8.74. The highest BCUT2D eigenvalue weighted by Gasteiger charge is 2.30. The first-order chi connectivity index (χ1) is 19.2. The molecular weight excluding hydrogens is 580 g/mol. The van der Waals surface area contributed by atoms with Crippen LogP contribution in [0.5, 0.6) is 5.88 Å². The van der Waals surface area contributed by atoms with Gasteiger partial charge in [0.2, 0.25) is 12.0 Å². The maximum absolute atomic E-state index is 14.2. The molecule has 1 aliphatic rings. The lowest BCUT2D eigenvalue weighted by Gasteiger charge is -2.16. The minimum atomic E-state index is -1.45. The van der Waals surface area contributed by atoms with E-state index in [2.05, 4.69) is 25.6 Å². The summed E-state index contributed by atoms with van der Waals surface area (Å²) < 4.78 is 19.9. The molecule has 1 unspecified atom stereocenters. The summed E-state index contributed by atoms with van der Waals surface area (Å²) in [7, 11) is 0. The quantitative estimate of drug-likeness (QED) is 0.283. The average molecular weight is 599 g/mol. The fraction of sp³-hybridized carbons (Fsp3) is 0.107. The molecule has 0 fully saturated rings. The van der Waals surface area contributed by atoms with Gasteiger partial charge in [0, 0.05) is 33.6 Å². The lowest BCUT2D eigenvalue weighted by molar-refractivity contribution is -0.117. The molecule has 0 saturated carbocycles. The highest BCUT2D eigenvalue weighted by atomic mass is 35.5. The summed E-state index contributed by atoms with van der Waals surface area (Å²) in [5.41, 5.74) is 2.82. The number of halogens is 4. The Morgan fingerprint density at radius 1 is 1.05 bits per heavy atom. The molecule has 0 bridgehead atoms. The van der Waals surface area contributed by atoms with E-state index in [-0.39, 0.29) is 33.8 Å². The van der Waals surface area contributed by atoms with Crippen molar-refractivity contribution >= 4 is 58.0 Å². The van der Waals surface area contributed by atoms with E-state index in [1.165, 1.54) is 12.1 Å². The van der Waals surface area contributed by atoms with E-state index in [9.17, 15) is 14.0 Å². The van der Waals surface area contributed by atoms with Crippen molar-refractivity contribution in [2.75, 3.05) is 5.32 Å². The molecule has 2 N–H and O–H groups in total. The van der Waals surface area contributed by atoms with Gasteiger partial charge in [0.1, 0.15) is 18.0 Å².